The second-order valence-electron chi connectivity index (χ2n) is 7.00. The second-order valence-corrected chi connectivity index (χ2v) is 7.00. The maximum atomic E-state index is 11.0. The van der Waals surface area contributed by atoms with E-state index in [1.807, 2.05) is 0 Å². The van der Waals surface area contributed by atoms with E-state index in [1.54, 1.807) is 0 Å². The van der Waals surface area contributed by atoms with E-state index < -0.39 is 0 Å². The van der Waals surface area contributed by atoms with Gasteiger partial charge in [-0.05, 0) is 67.4 Å². The predicted molar refractivity (Wildman–Crippen MR) is 114 cm³/mol. The van der Waals surface area contributed by atoms with Crippen molar-refractivity contribution in [1.29, 1.82) is 0 Å². The Kier molecular flexibility index (Phi) is 7.48. The van der Waals surface area contributed by atoms with Gasteiger partial charge in [-0.15, -0.1) is 0 Å². The van der Waals surface area contributed by atoms with Crippen LogP contribution in [0.15, 0.2) is 61.2 Å². The van der Waals surface area contributed by atoms with Gasteiger partial charge in [-0.3, -0.25) is 0 Å². The number of ether oxygens (including phenoxy) is 2. The first-order valence-corrected chi connectivity index (χ1v) is 10.1. The van der Waals surface area contributed by atoms with Crippen LogP contribution in [0.25, 0.3) is 11.6 Å². The summed E-state index contributed by atoms with van der Waals surface area (Å²) in [4.78, 5) is 11.0. The Bertz CT molecular complexity index is 821. The molecule has 1 aliphatic rings. The number of aryl methyl sites for hydroxylation is 1. The maximum absolute atomic E-state index is 11.0. The second kappa shape index (κ2) is 10.5. The van der Waals surface area contributed by atoms with Gasteiger partial charge in [-0.2, -0.15) is 0 Å². The molecule has 146 valence electrons. The summed E-state index contributed by atoms with van der Waals surface area (Å²) < 4.78 is 11.1. The molecule has 0 spiro atoms. The summed E-state index contributed by atoms with van der Waals surface area (Å²) in [5, 5.41) is 0. The van der Waals surface area contributed by atoms with Crippen molar-refractivity contribution in [3.8, 4) is 5.75 Å². The third-order valence-corrected chi connectivity index (χ3v) is 4.99. The summed E-state index contributed by atoms with van der Waals surface area (Å²) in [6.07, 6.45) is 9.57. The first-order chi connectivity index (χ1) is 13.8. The lowest BCUT2D eigenvalue weighted by atomic mass is 9.88. The lowest BCUT2D eigenvalue weighted by Crippen LogP contribution is -2.05. The van der Waals surface area contributed by atoms with Gasteiger partial charge < -0.3 is 9.47 Å². The van der Waals surface area contributed by atoms with Crippen molar-refractivity contribution in [1.82, 2.24) is 0 Å². The number of rotatable bonds is 10. The lowest BCUT2D eigenvalue weighted by Gasteiger charge is -2.20. The molecule has 2 aromatic carbocycles. The Morgan fingerprint density at radius 2 is 1.71 bits per heavy atom. The SMILES string of the molecule is C=CC(=O)OCCCCCCOc1cccc2c1C=C(c1ccccc1)CC2. The van der Waals surface area contributed by atoms with Crippen LogP contribution in [0.3, 0.4) is 0 Å². The first kappa shape index (κ1) is 19.9. The number of hydrogen-bond donors (Lipinski definition) is 0. The molecular formula is C25H28O3. The average Bonchev–Trinajstić information content (AvgIpc) is 2.75. The van der Waals surface area contributed by atoms with Crippen molar-refractivity contribution in [2.24, 2.45) is 0 Å². The normalized spacial score (nSPS) is 12.6. The van der Waals surface area contributed by atoms with E-state index in [4.69, 9.17) is 9.47 Å². The van der Waals surface area contributed by atoms with Crippen LogP contribution in [0.1, 0.15) is 48.8 Å². The van der Waals surface area contributed by atoms with Crippen LogP contribution in [0.5, 0.6) is 5.75 Å². The maximum Gasteiger partial charge on any atom is 0.330 e. The van der Waals surface area contributed by atoms with Crippen LogP contribution < -0.4 is 4.74 Å². The van der Waals surface area contributed by atoms with E-state index in [9.17, 15) is 4.79 Å². The van der Waals surface area contributed by atoms with Gasteiger partial charge in [-0.25, -0.2) is 4.79 Å². The molecule has 3 rings (SSSR count). The highest BCUT2D eigenvalue weighted by Gasteiger charge is 2.15. The number of unbranched alkanes of at least 4 members (excludes halogenated alkanes) is 3. The summed E-state index contributed by atoms with van der Waals surface area (Å²) in [7, 11) is 0. The van der Waals surface area contributed by atoms with E-state index in [1.165, 1.54) is 28.3 Å². The zero-order chi connectivity index (χ0) is 19.6. The van der Waals surface area contributed by atoms with Gasteiger partial charge in [0, 0.05) is 11.6 Å². The highest BCUT2D eigenvalue weighted by molar-refractivity contribution is 5.86. The molecule has 0 N–H and O–H groups in total. The van der Waals surface area contributed by atoms with E-state index in [2.05, 4.69) is 61.2 Å². The van der Waals surface area contributed by atoms with Crippen molar-refractivity contribution in [2.45, 2.75) is 38.5 Å². The van der Waals surface area contributed by atoms with E-state index in [0.29, 0.717) is 13.2 Å². The van der Waals surface area contributed by atoms with E-state index >= 15 is 0 Å². The Morgan fingerprint density at radius 3 is 2.50 bits per heavy atom. The van der Waals surface area contributed by atoms with Crippen LogP contribution in [-0.4, -0.2) is 19.2 Å². The quantitative estimate of drug-likeness (QED) is 0.297. The highest BCUT2D eigenvalue weighted by atomic mass is 16.5. The Morgan fingerprint density at radius 1 is 0.929 bits per heavy atom. The van der Waals surface area contributed by atoms with Gasteiger partial charge >= 0.3 is 5.97 Å². The summed E-state index contributed by atoms with van der Waals surface area (Å²) in [6, 6.07) is 16.9. The van der Waals surface area contributed by atoms with Crippen molar-refractivity contribution in [3.05, 3.63) is 77.9 Å². The summed E-state index contributed by atoms with van der Waals surface area (Å²) >= 11 is 0. The highest BCUT2D eigenvalue weighted by Crippen LogP contribution is 2.35. The number of allylic oxidation sites excluding steroid dienone is 1. The number of esters is 1. The number of benzene rings is 2. The number of carbonyl (C=O) groups excluding carboxylic acids is 1. The van der Waals surface area contributed by atoms with Crippen LogP contribution in [0.2, 0.25) is 0 Å². The summed E-state index contributed by atoms with van der Waals surface area (Å²) in [5.41, 5.74) is 5.25. The monoisotopic (exact) mass is 376 g/mol. The molecule has 28 heavy (non-hydrogen) atoms. The molecule has 0 bridgehead atoms. The van der Waals surface area contributed by atoms with Crippen molar-refractivity contribution in [3.63, 3.8) is 0 Å². The molecule has 0 amide bonds. The van der Waals surface area contributed by atoms with Crippen molar-refractivity contribution in [2.75, 3.05) is 13.2 Å². The lowest BCUT2D eigenvalue weighted by molar-refractivity contribution is -0.137. The molecule has 1 aliphatic carbocycles. The van der Waals surface area contributed by atoms with Crippen LogP contribution in [-0.2, 0) is 16.0 Å². The fourth-order valence-electron chi connectivity index (χ4n) is 3.46. The first-order valence-electron chi connectivity index (χ1n) is 10.1. The molecule has 0 radical (unpaired) electrons. The molecule has 2 aromatic rings. The van der Waals surface area contributed by atoms with Crippen LogP contribution in [0, 0.1) is 0 Å². The fourth-order valence-corrected chi connectivity index (χ4v) is 3.46. The van der Waals surface area contributed by atoms with E-state index in [-0.39, 0.29) is 5.97 Å². The zero-order valence-electron chi connectivity index (χ0n) is 16.4. The average molecular weight is 376 g/mol. The molecule has 0 unspecified atom stereocenters. The number of carbonyl (C=O) groups is 1. The van der Waals surface area contributed by atoms with Crippen molar-refractivity contribution < 1.29 is 14.3 Å². The van der Waals surface area contributed by atoms with Crippen LogP contribution >= 0.6 is 0 Å². The fraction of sp³-hybridized carbons (Fsp3) is 0.320. The largest absolute Gasteiger partial charge is 0.493 e. The van der Waals surface area contributed by atoms with Gasteiger partial charge in [0.2, 0.25) is 0 Å². The molecule has 0 fully saturated rings. The molecule has 0 atom stereocenters. The standard InChI is InChI=1S/C25H28O3/c1-2-25(26)28-18-9-4-3-8-17-27-24-14-10-13-21-15-16-22(19-23(21)24)20-11-6-5-7-12-20/h2,5-7,10-14,19H,1,3-4,8-9,15-18H2. The van der Waals surface area contributed by atoms with Gasteiger partial charge in [0.1, 0.15) is 5.75 Å². The smallest absolute Gasteiger partial charge is 0.330 e. The minimum absolute atomic E-state index is 0.347. The molecule has 0 aliphatic heterocycles. The van der Waals surface area contributed by atoms with Gasteiger partial charge in [0.05, 0.1) is 13.2 Å². The number of fused-ring (bicyclic) bond motifs is 1. The van der Waals surface area contributed by atoms with Gasteiger partial charge in [0.15, 0.2) is 0 Å². The zero-order valence-corrected chi connectivity index (χ0v) is 16.4. The molecule has 0 aromatic heterocycles. The summed E-state index contributed by atoms with van der Waals surface area (Å²) in [5.74, 6) is 0.630. The Balaban J connectivity index is 1.49. The Labute approximate surface area is 167 Å². The molecule has 3 heteroatoms. The molecule has 0 saturated carbocycles. The summed E-state index contributed by atoms with van der Waals surface area (Å²) in [6.45, 7) is 4.56. The molecule has 0 heterocycles. The Hall–Kier alpha value is -2.81. The third kappa shape index (κ3) is 5.59. The third-order valence-electron chi connectivity index (χ3n) is 4.99. The molecular weight excluding hydrogens is 348 g/mol. The topological polar surface area (TPSA) is 35.5 Å². The number of hydrogen-bond acceptors (Lipinski definition) is 3. The molecule has 0 saturated heterocycles. The van der Waals surface area contributed by atoms with Crippen molar-refractivity contribution >= 4 is 17.6 Å². The predicted octanol–water partition coefficient (Wildman–Crippen LogP) is 5.84. The van der Waals surface area contributed by atoms with Gasteiger partial charge in [0.25, 0.3) is 0 Å². The van der Waals surface area contributed by atoms with E-state index in [0.717, 1.165) is 44.3 Å². The molecule has 3 nitrogen and oxygen atoms in total. The minimum Gasteiger partial charge on any atom is -0.493 e. The minimum atomic E-state index is -0.347. The van der Waals surface area contributed by atoms with Gasteiger partial charge in [-0.1, -0.05) is 49.0 Å². The van der Waals surface area contributed by atoms with Crippen LogP contribution in [0.4, 0.5) is 0 Å².